The van der Waals surface area contributed by atoms with Gasteiger partial charge >= 0.3 is 0 Å². The zero-order valence-electron chi connectivity index (χ0n) is 44.4. The van der Waals surface area contributed by atoms with Crippen molar-refractivity contribution >= 4 is 90.4 Å². The molecule has 2 unspecified atom stereocenters. The Hall–Kier alpha value is -1.43. The van der Waals surface area contributed by atoms with Crippen molar-refractivity contribution in [3.8, 4) is 0 Å². The molecule has 1 nitrogen and oxygen atoms in total. The highest BCUT2D eigenvalue weighted by Gasteiger charge is 2.39. The number of unbranched alkanes of at least 4 members (excludes halogenated alkanes) is 7. The minimum atomic E-state index is -1.72. The third kappa shape index (κ3) is 15.3. The molecule has 4 rings (SSSR count). The Bertz CT molecular complexity index is 1750. The van der Waals surface area contributed by atoms with Crippen LogP contribution in [-0.4, -0.2) is 43.3 Å². The van der Waals surface area contributed by atoms with Crippen LogP contribution in [0.4, 0.5) is 0 Å². The van der Waals surface area contributed by atoms with Crippen molar-refractivity contribution in [2.24, 2.45) is 0 Å². The fraction of sp³-hybridized carbons (Fsp3) is 0.586. The van der Waals surface area contributed by atoms with E-state index in [1.807, 2.05) is 0 Å². The van der Waals surface area contributed by atoms with Crippen LogP contribution in [0.3, 0.4) is 0 Å². The maximum Gasteiger partial charge on any atom is 0.0867 e. The molecule has 0 aliphatic rings. The highest BCUT2D eigenvalue weighted by molar-refractivity contribution is 7.85. The Morgan fingerprint density at radius 1 is 0.354 bits per heavy atom. The molecule has 0 radical (unpaired) electrons. The standard InChI is InChI=1S/C58H97NP2Si4/c1-14-21-44-59(60(55-32-28-30-34-57(55)62(8,9)10)51-36-40-53(41-37-51)64(45-22-15-2,46-23-16-3)47-24-17-4)61(56-33-29-31-35-58(56)63(11,12)13)52-38-42-54(43-39-52)65(48-25-18-5,49-26-19-6)50-27-20-7/h28-43H,14-27,44-50H2,1-13H3. The summed E-state index contributed by atoms with van der Waals surface area (Å²) in [5, 5.41) is 13.2. The van der Waals surface area contributed by atoms with E-state index in [9.17, 15) is 0 Å². The SMILES string of the molecule is CCCCN(P(c1ccc([Si](CCCC)(CCCC)CCCC)cc1)c1ccccc1[Si](C)(C)C)P(c1ccc([Si](CCCC)(CCCC)CCCC)cc1)c1ccccc1[Si](C)(C)C. The second-order valence-corrected chi connectivity index (χ2v) is 45.8. The molecule has 0 saturated carbocycles. The van der Waals surface area contributed by atoms with Crippen molar-refractivity contribution < 1.29 is 0 Å². The summed E-state index contributed by atoms with van der Waals surface area (Å²) >= 11 is 0. The maximum absolute atomic E-state index is 3.15. The van der Waals surface area contributed by atoms with Crippen molar-refractivity contribution in [2.75, 3.05) is 6.54 Å². The van der Waals surface area contributed by atoms with Crippen LogP contribution in [0.2, 0.25) is 75.5 Å². The summed E-state index contributed by atoms with van der Waals surface area (Å²) in [6, 6.07) is 49.9. The van der Waals surface area contributed by atoms with E-state index in [1.165, 1.54) is 126 Å². The number of rotatable bonds is 31. The van der Waals surface area contributed by atoms with Crippen molar-refractivity contribution in [3.63, 3.8) is 0 Å². The largest absolute Gasteiger partial charge is 0.245 e. The van der Waals surface area contributed by atoms with E-state index in [0.717, 1.165) is 6.54 Å². The second-order valence-electron chi connectivity index (χ2n) is 21.9. The number of benzene rings is 4. The first-order valence-electron chi connectivity index (χ1n) is 27.0. The number of hydrogen-bond acceptors (Lipinski definition) is 1. The molecule has 0 N–H and O–H groups in total. The molecule has 0 bridgehead atoms. The lowest BCUT2D eigenvalue weighted by atomic mass is 10.3. The van der Waals surface area contributed by atoms with Gasteiger partial charge in [0.2, 0.25) is 0 Å². The molecule has 0 aliphatic heterocycles. The first kappa shape index (κ1) is 56.2. The molecule has 360 valence electrons. The monoisotopic (exact) mass is 982 g/mol. The van der Waals surface area contributed by atoms with Crippen molar-refractivity contribution in [2.45, 2.75) is 214 Å². The molecule has 0 fully saturated rings. The minimum absolute atomic E-state index is 0.845. The van der Waals surface area contributed by atoms with Crippen LogP contribution in [0.1, 0.15) is 138 Å². The van der Waals surface area contributed by atoms with E-state index in [4.69, 9.17) is 0 Å². The van der Waals surface area contributed by atoms with Gasteiger partial charge in [-0.2, -0.15) is 0 Å². The normalized spacial score (nSPS) is 13.7. The van der Waals surface area contributed by atoms with Gasteiger partial charge < -0.3 is 0 Å². The summed E-state index contributed by atoms with van der Waals surface area (Å²) in [7, 11) is -8.43. The van der Waals surface area contributed by atoms with Crippen molar-refractivity contribution in [1.29, 1.82) is 0 Å². The average Bonchev–Trinajstić information content (AvgIpc) is 3.30. The fourth-order valence-corrected chi connectivity index (χ4v) is 33.4. The summed E-state index contributed by atoms with van der Waals surface area (Å²) in [4.78, 5) is 0. The Morgan fingerprint density at radius 2 is 0.631 bits per heavy atom. The zero-order valence-corrected chi connectivity index (χ0v) is 50.2. The molecule has 0 saturated heterocycles. The van der Waals surface area contributed by atoms with Crippen LogP contribution in [0.15, 0.2) is 97.1 Å². The summed E-state index contributed by atoms with van der Waals surface area (Å²) < 4.78 is 3.15. The Kier molecular flexibility index (Phi) is 23.9. The lowest BCUT2D eigenvalue weighted by molar-refractivity contribution is 0.646. The molecule has 0 amide bonds. The third-order valence-corrected chi connectivity index (χ3v) is 35.7. The van der Waals surface area contributed by atoms with Crippen LogP contribution in [-0.2, 0) is 0 Å². The van der Waals surface area contributed by atoms with Gasteiger partial charge in [0.15, 0.2) is 0 Å². The van der Waals surface area contributed by atoms with Gasteiger partial charge in [0.1, 0.15) is 0 Å². The molecule has 0 spiro atoms. The Morgan fingerprint density at radius 3 is 0.892 bits per heavy atom. The second kappa shape index (κ2) is 27.7. The molecular formula is C58H97NP2Si4. The predicted octanol–water partition coefficient (Wildman–Crippen LogP) is 15.4. The summed E-state index contributed by atoms with van der Waals surface area (Å²) in [5.41, 5.74) is 0. The van der Waals surface area contributed by atoms with Crippen molar-refractivity contribution in [3.05, 3.63) is 97.1 Å². The molecule has 0 aromatic heterocycles. The lowest BCUT2D eigenvalue weighted by Gasteiger charge is -2.42. The highest BCUT2D eigenvalue weighted by Crippen LogP contribution is 2.54. The van der Waals surface area contributed by atoms with E-state index in [2.05, 4.69) is 189 Å². The third-order valence-electron chi connectivity index (χ3n) is 14.6. The quantitative estimate of drug-likeness (QED) is 0.0359. The van der Waals surface area contributed by atoms with Gasteiger partial charge in [0.25, 0.3) is 0 Å². The molecule has 7 heteroatoms. The molecule has 4 aromatic carbocycles. The highest BCUT2D eigenvalue weighted by atomic mass is 31.2. The molecule has 4 aromatic rings. The predicted molar refractivity (Wildman–Crippen MR) is 315 cm³/mol. The van der Waals surface area contributed by atoms with E-state index in [-0.39, 0.29) is 0 Å². The number of hydrogen-bond donors (Lipinski definition) is 0. The van der Waals surface area contributed by atoms with E-state index < -0.39 is 48.4 Å². The van der Waals surface area contributed by atoms with Gasteiger partial charge in [-0.05, 0) is 27.6 Å². The number of nitrogens with zero attached hydrogens (tertiary/aromatic N) is 1. The van der Waals surface area contributed by atoms with Gasteiger partial charge in [-0.3, -0.25) is 0 Å². The minimum Gasteiger partial charge on any atom is -0.245 e. The van der Waals surface area contributed by atoms with E-state index in [0.29, 0.717) is 0 Å². The molecule has 0 aliphatic carbocycles. The van der Waals surface area contributed by atoms with Gasteiger partial charge in [0, 0.05) is 22.7 Å². The molecular weight excluding hydrogens is 885 g/mol. The van der Waals surface area contributed by atoms with Crippen LogP contribution < -0.4 is 42.0 Å². The van der Waals surface area contributed by atoms with Crippen LogP contribution in [0, 0.1) is 0 Å². The van der Waals surface area contributed by atoms with Crippen molar-refractivity contribution in [1.82, 2.24) is 4.44 Å². The first-order chi connectivity index (χ1) is 31.2. The smallest absolute Gasteiger partial charge is 0.0867 e. The molecule has 0 heterocycles. The van der Waals surface area contributed by atoms with E-state index >= 15 is 0 Å². The summed E-state index contributed by atoms with van der Waals surface area (Å²) in [6.45, 7) is 33.5. The maximum atomic E-state index is 3.15. The summed E-state index contributed by atoms with van der Waals surface area (Å²) in [5.74, 6) is 0. The van der Waals surface area contributed by atoms with E-state index in [1.54, 1.807) is 42.0 Å². The Balaban J connectivity index is 2.10. The van der Waals surface area contributed by atoms with Gasteiger partial charge in [-0.15, -0.1) is 0 Å². The van der Waals surface area contributed by atoms with Gasteiger partial charge in [0.05, 0.1) is 32.3 Å². The molecule has 65 heavy (non-hydrogen) atoms. The summed E-state index contributed by atoms with van der Waals surface area (Å²) in [6.07, 6.45) is 18.5. The van der Waals surface area contributed by atoms with Crippen LogP contribution in [0.25, 0.3) is 0 Å². The lowest BCUT2D eigenvalue weighted by Crippen LogP contribution is -2.51. The topological polar surface area (TPSA) is 3.24 Å². The average molecular weight is 983 g/mol. The fourth-order valence-electron chi connectivity index (χ4n) is 10.6. The Labute approximate surface area is 409 Å². The van der Waals surface area contributed by atoms with Gasteiger partial charge in [-0.25, -0.2) is 4.44 Å². The zero-order chi connectivity index (χ0) is 47.5. The van der Waals surface area contributed by atoms with Gasteiger partial charge in [-0.1, -0.05) is 325 Å². The first-order valence-corrected chi connectivity index (χ1v) is 41.8. The van der Waals surface area contributed by atoms with Crippen LogP contribution >= 0.6 is 16.1 Å². The van der Waals surface area contributed by atoms with Crippen LogP contribution in [0.5, 0.6) is 0 Å². The molecule has 2 atom stereocenters.